The van der Waals surface area contributed by atoms with E-state index in [0.29, 0.717) is 0 Å². The van der Waals surface area contributed by atoms with Crippen molar-refractivity contribution < 1.29 is 18.7 Å². The first-order chi connectivity index (χ1) is 10.1. The SMILES string of the molecule is CC(C)(C)OC(=O)N1[C@H](C(F)c2ccccn2)COC1(C)C. The Labute approximate surface area is 130 Å². The summed E-state index contributed by atoms with van der Waals surface area (Å²) in [4.78, 5) is 17.8. The number of nitrogens with zero attached hydrogens (tertiary/aromatic N) is 2. The van der Waals surface area contributed by atoms with Crippen LogP contribution in [0.1, 0.15) is 46.5 Å². The Morgan fingerprint density at radius 3 is 2.73 bits per heavy atom. The van der Waals surface area contributed by atoms with Crippen LogP contribution in [0.4, 0.5) is 9.18 Å². The van der Waals surface area contributed by atoms with Crippen molar-refractivity contribution in [2.75, 3.05) is 6.61 Å². The zero-order chi connectivity index (χ0) is 16.5. The number of carbonyl (C=O) groups is 1. The van der Waals surface area contributed by atoms with Gasteiger partial charge in [0.1, 0.15) is 11.3 Å². The third-order valence-electron chi connectivity index (χ3n) is 3.42. The molecule has 0 aliphatic carbocycles. The summed E-state index contributed by atoms with van der Waals surface area (Å²) in [5.41, 5.74) is -1.30. The number of hydrogen-bond donors (Lipinski definition) is 0. The number of alkyl halides is 1. The maximum Gasteiger partial charge on any atom is 0.413 e. The molecule has 0 saturated carbocycles. The summed E-state index contributed by atoms with van der Waals surface area (Å²) in [6.07, 6.45) is -0.491. The van der Waals surface area contributed by atoms with Crippen LogP contribution in [0.3, 0.4) is 0 Å². The summed E-state index contributed by atoms with van der Waals surface area (Å²) in [5.74, 6) is 0. The molecule has 22 heavy (non-hydrogen) atoms. The van der Waals surface area contributed by atoms with Gasteiger partial charge in [-0.15, -0.1) is 0 Å². The molecule has 0 N–H and O–H groups in total. The van der Waals surface area contributed by atoms with E-state index in [-0.39, 0.29) is 12.3 Å². The van der Waals surface area contributed by atoms with E-state index in [1.807, 2.05) is 0 Å². The van der Waals surface area contributed by atoms with Gasteiger partial charge in [0, 0.05) is 6.20 Å². The summed E-state index contributed by atoms with van der Waals surface area (Å²) in [6.45, 7) is 8.87. The fraction of sp³-hybridized carbons (Fsp3) is 0.625. The van der Waals surface area contributed by atoms with Gasteiger partial charge in [0.2, 0.25) is 0 Å². The molecule has 1 amide bonds. The second-order valence-electron chi connectivity index (χ2n) is 6.83. The molecule has 0 radical (unpaired) electrons. The molecule has 0 aromatic carbocycles. The predicted octanol–water partition coefficient (Wildman–Crippen LogP) is 3.46. The normalized spacial score (nSPS) is 22.5. The summed E-state index contributed by atoms with van der Waals surface area (Å²) in [7, 11) is 0. The maximum absolute atomic E-state index is 14.8. The fourth-order valence-electron chi connectivity index (χ4n) is 2.45. The lowest BCUT2D eigenvalue weighted by atomic mass is 10.1. The van der Waals surface area contributed by atoms with Crippen LogP contribution in [0, 0.1) is 0 Å². The van der Waals surface area contributed by atoms with Gasteiger partial charge in [0.05, 0.1) is 18.3 Å². The molecule has 1 aromatic rings. The molecule has 6 heteroatoms. The van der Waals surface area contributed by atoms with Crippen molar-refractivity contribution in [3.05, 3.63) is 30.1 Å². The van der Waals surface area contributed by atoms with Gasteiger partial charge in [-0.25, -0.2) is 9.18 Å². The molecule has 1 aliphatic heterocycles. The van der Waals surface area contributed by atoms with Gasteiger partial charge in [0.15, 0.2) is 6.17 Å². The van der Waals surface area contributed by atoms with Crippen LogP contribution >= 0.6 is 0 Å². The first-order valence-corrected chi connectivity index (χ1v) is 7.33. The topological polar surface area (TPSA) is 51.7 Å². The van der Waals surface area contributed by atoms with Crippen molar-refractivity contribution in [1.82, 2.24) is 9.88 Å². The molecule has 1 aliphatic rings. The van der Waals surface area contributed by atoms with Gasteiger partial charge in [-0.3, -0.25) is 9.88 Å². The first kappa shape index (κ1) is 16.7. The Morgan fingerprint density at radius 1 is 1.50 bits per heavy atom. The van der Waals surface area contributed by atoms with Crippen molar-refractivity contribution in [3.63, 3.8) is 0 Å². The molecule has 2 atom stereocenters. The summed E-state index contributed by atoms with van der Waals surface area (Å²) in [6, 6.07) is 4.27. The maximum atomic E-state index is 14.8. The van der Waals surface area contributed by atoms with Crippen molar-refractivity contribution in [2.45, 2.75) is 58.2 Å². The highest BCUT2D eigenvalue weighted by molar-refractivity contribution is 5.70. The number of carbonyl (C=O) groups excluding carboxylic acids is 1. The zero-order valence-corrected chi connectivity index (χ0v) is 13.7. The smallest absolute Gasteiger partial charge is 0.413 e. The van der Waals surface area contributed by atoms with E-state index in [1.165, 1.54) is 11.1 Å². The minimum Gasteiger partial charge on any atom is -0.444 e. The van der Waals surface area contributed by atoms with Gasteiger partial charge in [-0.1, -0.05) is 6.07 Å². The minimum absolute atomic E-state index is 0.101. The zero-order valence-electron chi connectivity index (χ0n) is 13.7. The highest BCUT2D eigenvalue weighted by Gasteiger charge is 2.49. The molecule has 2 heterocycles. The quantitative estimate of drug-likeness (QED) is 0.839. The monoisotopic (exact) mass is 310 g/mol. The van der Waals surface area contributed by atoms with Gasteiger partial charge in [-0.05, 0) is 46.8 Å². The molecule has 1 unspecified atom stereocenters. The van der Waals surface area contributed by atoms with Crippen LogP contribution in [0.2, 0.25) is 0 Å². The minimum atomic E-state index is -1.43. The molecule has 122 valence electrons. The van der Waals surface area contributed by atoms with Gasteiger partial charge < -0.3 is 9.47 Å². The van der Waals surface area contributed by atoms with E-state index in [1.54, 1.807) is 52.8 Å². The van der Waals surface area contributed by atoms with Crippen molar-refractivity contribution in [3.8, 4) is 0 Å². The fourth-order valence-corrected chi connectivity index (χ4v) is 2.45. The van der Waals surface area contributed by atoms with E-state index < -0.39 is 29.6 Å². The lowest BCUT2D eigenvalue weighted by Crippen LogP contribution is -2.51. The van der Waals surface area contributed by atoms with Crippen LogP contribution in [0.25, 0.3) is 0 Å². The standard InChI is InChI=1S/C16H23FN2O3/c1-15(2,3)22-14(20)19-12(10-21-16(19,4)5)13(17)11-8-6-7-9-18-11/h6-9,12-13H,10H2,1-5H3/t12-,13?/m0/s1. The van der Waals surface area contributed by atoms with Crippen LogP contribution in [0.15, 0.2) is 24.4 Å². The summed E-state index contributed by atoms with van der Waals surface area (Å²) in [5, 5.41) is 0. The predicted molar refractivity (Wildman–Crippen MR) is 80.0 cm³/mol. The highest BCUT2D eigenvalue weighted by atomic mass is 19.1. The highest BCUT2D eigenvalue weighted by Crippen LogP contribution is 2.36. The molecule has 0 spiro atoms. The third kappa shape index (κ3) is 3.55. The van der Waals surface area contributed by atoms with Crippen LogP contribution in [-0.4, -0.2) is 40.0 Å². The van der Waals surface area contributed by atoms with E-state index in [0.717, 1.165) is 0 Å². The lowest BCUT2D eigenvalue weighted by Gasteiger charge is -2.35. The average Bonchev–Trinajstić information content (AvgIpc) is 2.72. The molecular formula is C16H23FN2O3. The molecule has 5 nitrogen and oxygen atoms in total. The number of halogens is 1. The Balaban J connectivity index is 2.25. The molecule has 1 aromatic heterocycles. The second kappa shape index (κ2) is 5.83. The van der Waals surface area contributed by atoms with Gasteiger partial charge in [0.25, 0.3) is 0 Å². The molecule has 1 fully saturated rings. The average molecular weight is 310 g/mol. The number of ether oxygens (including phenoxy) is 2. The number of pyridine rings is 1. The molecule has 2 rings (SSSR count). The number of aromatic nitrogens is 1. The Morgan fingerprint density at radius 2 is 2.18 bits per heavy atom. The van der Waals surface area contributed by atoms with E-state index in [2.05, 4.69) is 4.98 Å². The third-order valence-corrected chi connectivity index (χ3v) is 3.42. The summed E-state index contributed by atoms with van der Waals surface area (Å²) >= 11 is 0. The first-order valence-electron chi connectivity index (χ1n) is 7.33. The van der Waals surface area contributed by atoms with Gasteiger partial charge in [-0.2, -0.15) is 0 Å². The van der Waals surface area contributed by atoms with E-state index in [4.69, 9.17) is 9.47 Å². The van der Waals surface area contributed by atoms with Crippen molar-refractivity contribution >= 4 is 6.09 Å². The van der Waals surface area contributed by atoms with Gasteiger partial charge >= 0.3 is 6.09 Å². The van der Waals surface area contributed by atoms with Crippen molar-refractivity contribution in [2.24, 2.45) is 0 Å². The van der Waals surface area contributed by atoms with E-state index >= 15 is 0 Å². The Kier molecular flexibility index (Phi) is 4.42. The second-order valence-corrected chi connectivity index (χ2v) is 6.83. The Bertz CT molecular complexity index is 528. The molecular weight excluding hydrogens is 287 g/mol. The Hall–Kier alpha value is -1.69. The molecule has 0 bridgehead atoms. The van der Waals surface area contributed by atoms with Crippen LogP contribution in [0.5, 0.6) is 0 Å². The van der Waals surface area contributed by atoms with E-state index in [9.17, 15) is 9.18 Å². The number of amides is 1. The lowest BCUT2D eigenvalue weighted by molar-refractivity contribution is -0.0653. The van der Waals surface area contributed by atoms with Crippen molar-refractivity contribution in [1.29, 1.82) is 0 Å². The van der Waals surface area contributed by atoms with Crippen LogP contribution < -0.4 is 0 Å². The number of hydrogen-bond acceptors (Lipinski definition) is 4. The number of rotatable bonds is 2. The van der Waals surface area contributed by atoms with Crippen LogP contribution in [-0.2, 0) is 9.47 Å². The molecule has 1 saturated heterocycles. The largest absolute Gasteiger partial charge is 0.444 e. The summed E-state index contributed by atoms with van der Waals surface area (Å²) < 4.78 is 25.8.